The summed E-state index contributed by atoms with van der Waals surface area (Å²) in [5.41, 5.74) is 4.76. The average Bonchev–Trinajstić information content (AvgIpc) is 2.60. The second kappa shape index (κ2) is 4.19. The fourth-order valence-electron chi connectivity index (χ4n) is 1.60. The molecule has 0 fully saturated rings. The minimum Gasteiger partial charge on any atom is -0.303 e. The van der Waals surface area contributed by atoms with Crippen molar-refractivity contribution in [1.82, 2.24) is 9.55 Å². The summed E-state index contributed by atoms with van der Waals surface area (Å²) >= 11 is 3.50. The summed E-state index contributed by atoms with van der Waals surface area (Å²) in [5.74, 6) is 0. The first-order valence-electron chi connectivity index (χ1n) is 4.89. The van der Waals surface area contributed by atoms with Crippen LogP contribution in [0.1, 0.15) is 17.0 Å². The zero-order chi connectivity index (χ0) is 10.8. The lowest BCUT2D eigenvalue weighted by atomic mass is 10.2. The summed E-state index contributed by atoms with van der Waals surface area (Å²) in [6.45, 7) is 4.12. The van der Waals surface area contributed by atoms with Gasteiger partial charge in [0.1, 0.15) is 0 Å². The van der Waals surface area contributed by atoms with Gasteiger partial charge in [0.25, 0.3) is 0 Å². The van der Waals surface area contributed by atoms with E-state index in [0.717, 1.165) is 11.0 Å². The number of halogens is 1. The molecule has 0 amide bonds. The molecule has 0 N–H and O–H groups in total. The minimum absolute atomic E-state index is 0.861. The number of alkyl halides is 1. The molecule has 2 aromatic rings. The summed E-state index contributed by atoms with van der Waals surface area (Å²) in [6, 6.07) is 8.35. The Bertz CT molecular complexity index is 474. The van der Waals surface area contributed by atoms with E-state index < -0.39 is 0 Å². The van der Waals surface area contributed by atoms with Gasteiger partial charge in [0.2, 0.25) is 0 Å². The van der Waals surface area contributed by atoms with Crippen molar-refractivity contribution < 1.29 is 0 Å². The minimum atomic E-state index is 0.861. The normalized spacial score (nSPS) is 10.6. The largest absolute Gasteiger partial charge is 0.303 e. The summed E-state index contributed by atoms with van der Waals surface area (Å²) in [4.78, 5) is 4.32. The molecule has 0 aliphatic carbocycles. The molecule has 0 radical (unpaired) electrons. The van der Waals surface area contributed by atoms with Crippen molar-refractivity contribution in [3.05, 3.63) is 47.5 Å². The fraction of sp³-hybridized carbons (Fsp3) is 0.250. The molecule has 0 aliphatic heterocycles. The van der Waals surface area contributed by atoms with E-state index in [4.69, 9.17) is 0 Å². The lowest BCUT2D eigenvalue weighted by molar-refractivity contribution is 0.986. The molecule has 1 aromatic heterocycles. The Balaban J connectivity index is 2.58. The van der Waals surface area contributed by atoms with Crippen molar-refractivity contribution in [3.8, 4) is 5.69 Å². The highest BCUT2D eigenvalue weighted by atomic mass is 79.9. The molecular formula is C12H13BrN2. The molecule has 0 saturated carbocycles. The highest BCUT2D eigenvalue weighted by Crippen LogP contribution is 2.19. The smallest absolute Gasteiger partial charge is 0.0997 e. The zero-order valence-corrected chi connectivity index (χ0v) is 10.5. The van der Waals surface area contributed by atoms with Crippen LogP contribution in [0.4, 0.5) is 0 Å². The maximum atomic E-state index is 4.32. The molecular weight excluding hydrogens is 252 g/mol. The first kappa shape index (κ1) is 10.4. The number of hydrogen-bond acceptors (Lipinski definition) is 1. The van der Waals surface area contributed by atoms with Gasteiger partial charge in [-0.2, -0.15) is 0 Å². The molecule has 0 saturated heterocycles. The summed E-state index contributed by atoms with van der Waals surface area (Å²) < 4.78 is 2.13. The quantitative estimate of drug-likeness (QED) is 0.761. The third kappa shape index (κ3) is 1.84. The van der Waals surface area contributed by atoms with E-state index in [2.05, 4.69) is 56.7 Å². The number of aryl methyl sites for hydroxylation is 1. The third-order valence-corrected chi connectivity index (χ3v) is 3.25. The lowest BCUT2D eigenvalue weighted by Gasteiger charge is -2.09. The number of hydrogen-bond donors (Lipinski definition) is 0. The van der Waals surface area contributed by atoms with Crippen LogP contribution in [0.15, 0.2) is 30.6 Å². The molecule has 78 valence electrons. The van der Waals surface area contributed by atoms with Crippen molar-refractivity contribution in [2.45, 2.75) is 19.2 Å². The number of imidazole rings is 1. The molecule has 0 atom stereocenters. The predicted octanol–water partition coefficient (Wildman–Crippen LogP) is 3.38. The Morgan fingerprint density at radius 3 is 2.60 bits per heavy atom. The topological polar surface area (TPSA) is 17.8 Å². The lowest BCUT2D eigenvalue weighted by Crippen LogP contribution is -1.98. The summed E-state index contributed by atoms with van der Waals surface area (Å²) in [6.07, 6.45) is 1.88. The van der Waals surface area contributed by atoms with Crippen LogP contribution in [-0.2, 0) is 5.33 Å². The monoisotopic (exact) mass is 264 g/mol. The van der Waals surface area contributed by atoms with Gasteiger partial charge in [-0.05, 0) is 25.5 Å². The number of rotatable bonds is 2. The molecule has 0 aliphatic rings. The van der Waals surface area contributed by atoms with Crippen LogP contribution in [0.3, 0.4) is 0 Å². The summed E-state index contributed by atoms with van der Waals surface area (Å²) in [5, 5.41) is 0.861. The standard InChI is InChI=1S/C12H13BrN2/c1-9-10(2)15(8-14-9)12-6-4-3-5-11(12)7-13/h3-6,8H,7H2,1-2H3. The van der Waals surface area contributed by atoms with E-state index in [0.29, 0.717) is 0 Å². The zero-order valence-electron chi connectivity index (χ0n) is 8.87. The van der Waals surface area contributed by atoms with Gasteiger partial charge in [-0.1, -0.05) is 34.1 Å². The summed E-state index contributed by atoms with van der Waals surface area (Å²) in [7, 11) is 0. The molecule has 0 unspecified atom stereocenters. The van der Waals surface area contributed by atoms with Gasteiger partial charge in [-0.15, -0.1) is 0 Å². The van der Waals surface area contributed by atoms with Crippen LogP contribution >= 0.6 is 15.9 Å². The average molecular weight is 265 g/mol. The Morgan fingerprint density at radius 2 is 2.00 bits per heavy atom. The van der Waals surface area contributed by atoms with Crippen molar-refractivity contribution in [2.75, 3.05) is 0 Å². The van der Waals surface area contributed by atoms with Gasteiger partial charge in [-0.3, -0.25) is 0 Å². The van der Waals surface area contributed by atoms with Gasteiger partial charge < -0.3 is 4.57 Å². The fourth-order valence-corrected chi connectivity index (χ4v) is 2.07. The third-order valence-electron chi connectivity index (χ3n) is 2.65. The number of para-hydroxylation sites is 1. The van der Waals surface area contributed by atoms with Crippen molar-refractivity contribution in [3.63, 3.8) is 0 Å². The van der Waals surface area contributed by atoms with Crippen LogP contribution in [0.5, 0.6) is 0 Å². The van der Waals surface area contributed by atoms with Gasteiger partial charge in [-0.25, -0.2) is 4.98 Å². The van der Waals surface area contributed by atoms with Crippen LogP contribution in [0, 0.1) is 13.8 Å². The van der Waals surface area contributed by atoms with Gasteiger partial charge in [0.05, 0.1) is 17.7 Å². The van der Waals surface area contributed by atoms with Gasteiger partial charge in [0.15, 0.2) is 0 Å². The number of aromatic nitrogens is 2. The Hall–Kier alpha value is -1.09. The SMILES string of the molecule is Cc1ncn(-c2ccccc2CBr)c1C. The molecule has 15 heavy (non-hydrogen) atoms. The second-order valence-corrected chi connectivity index (χ2v) is 4.11. The molecule has 0 bridgehead atoms. The second-order valence-electron chi connectivity index (χ2n) is 3.55. The van der Waals surface area contributed by atoms with Crippen LogP contribution in [0.25, 0.3) is 5.69 Å². The number of nitrogens with zero attached hydrogens (tertiary/aromatic N) is 2. The van der Waals surface area contributed by atoms with Gasteiger partial charge >= 0.3 is 0 Å². The Kier molecular flexibility index (Phi) is 2.91. The molecule has 0 spiro atoms. The highest BCUT2D eigenvalue weighted by molar-refractivity contribution is 9.08. The molecule has 1 aromatic carbocycles. The van der Waals surface area contributed by atoms with E-state index in [1.54, 1.807) is 0 Å². The Labute approximate surface area is 98.1 Å². The molecule has 3 heteroatoms. The van der Waals surface area contributed by atoms with E-state index in [1.807, 2.05) is 13.3 Å². The van der Waals surface area contributed by atoms with Crippen molar-refractivity contribution >= 4 is 15.9 Å². The van der Waals surface area contributed by atoms with Crippen LogP contribution < -0.4 is 0 Å². The van der Waals surface area contributed by atoms with Crippen molar-refractivity contribution in [1.29, 1.82) is 0 Å². The van der Waals surface area contributed by atoms with Gasteiger partial charge in [0, 0.05) is 11.0 Å². The number of benzene rings is 1. The van der Waals surface area contributed by atoms with Crippen molar-refractivity contribution in [2.24, 2.45) is 0 Å². The maximum Gasteiger partial charge on any atom is 0.0997 e. The van der Waals surface area contributed by atoms with Crippen LogP contribution in [-0.4, -0.2) is 9.55 Å². The highest BCUT2D eigenvalue weighted by Gasteiger charge is 2.07. The molecule has 2 nitrogen and oxygen atoms in total. The maximum absolute atomic E-state index is 4.32. The predicted molar refractivity (Wildman–Crippen MR) is 65.7 cm³/mol. The first-order chi connectivity index (χ1) is 7.24. The first-order valence-corrected chi connectivity index (χ1v) is 6.01. The Morgan fingerprint density at radius 1 is 1.27 bits per heavy atom. The van der Waals surface area contributed by atoms with E-state index in [1.165, 1.54) is 16.9 Å². The van der Waals surface area contributed by atoms with Crippen LogP contribution in [0.2, 0.25) is 0 Å². The van der Waals surface area contributed by atoms with E-state index in [9.17, 15) is 0 Å². The van der Waals surface area contributed by atoms with E-state index in [-0.39, 0.29) is 0 Å². The molecule has 1 heterocycles. The van der Waals surface area contributed by atoms with E-state index >= 15 is 0 Å². The molecule has 2 rings (SSSR count).